The Morgan fingerprint density at radius 3 is 2.79 bits per heavy atom. The molecule has 0 unspecified atom stereocenters. The summed E-state index contributed by atoms with van der Waals surface area (Å²) in [6.07, 6.45) is 6.09. The average molecular weight is 324 g/mol. The number of benzene rings is 1. The maximum absolute atomic E-state index is 13.6. The van der Waals surface area contributed by atoms with Crippen molar-refractivity contribution < 1.29 is 9.53 Å². The van der Waals surface area contributed by atoms with Gasteiger partial charge < -0.3 is 4.74 Å². The molecule has 3 aliphatic carbocycles. The molecule has 0 heterocycles. The summed E-state index contributed by atoms with van der Waals surface area (Å²) in [6, 6.07) is 10.4. The lowest BCUT2D eigenvalue weighted by molar-refractivity contribution is -0.152. The number of methoxy groups -OCH3 is 1. The lowest BCUT2D eigenvalue weighted by atomic mass is 9.49. The van der Waals surface area contributed by atoms with Crippen LogP contribution in [-0.2, 0) is 16.0 Å². The fourth-order valence-electron chi connectivity index (χ4n) is 6.50. The van der Waals surface area contributed by atoms with Crippen molar-refractivity contribution >= 4 is 5.78 Å². The molecule has 2 heteroatoms. The van der Waals surface area contributed by atoms with Crippen molar-refractivity contribution in [2.75, 3.05) is 7.11 Å². The van der Waals surface area contributed by atoms with Crippen LogP contribution in [0, 0.1) is 22.7 Å². The predicted octanol–water partition coefficient (Wildman–Crippen LogP) is 4.59. The van der Waals surface area contributed by atoms with E-state index in [9.17, 15) is 4.79 Å². The van der Waals surface area contributed by atoms with Crippen LogP contribution in [0.3, 0.4) is 0 Å². The Morgan fingerprint density at radius 1 is 1.33 bits per heavy atom. The number of ketones is 1. The highest BCUT2D eigenvalue weighted by atomic mass is 16.5. The Kier molecular flexibility index (Phi) is 3.72. The molecule has 3 aliphatic rings. The predicted molar refractivity (Wildman–Crippen MR) is 95.7 cm³/mol. The van der Waals surface area contributed by atoms with E-state index in [1.807, 2.05) is 6.07 Å². The van der Waals surface area contributed by atoms with E-state index in [4.69, 9.17) is 4.74 Å². The van der Waals surface area contributed by atoms with Gasteiger partial charge in [-0.2, -0.15) is 0 Å². The zero-order chi connectivity index (χ0) is 16.9. The molecule has 3 fully saturated rings. The lowest BCUT2D eigenvalue weighted by Gasteiger charge is -2.53. The molecule has 2 bridgehead atoms. The topological polar surface area (TPSA) is 26.3 Å². The summed E-state index contributed by atoms with van der Waals surface area (Å²) in [5.74, 6) is 1.29. The van der Waals surface area contributed by atoms with Crippen molar-refractivity contribution in [2.24, 2.45) is 22.7 Å². The quantitative estimate of drug-likeness (QED) is 0.741. The first-order valence-electron chi connectivity index (χ1n) is 9.35. The summed E-state index contributed by atoms with van der Waals surface area (Å²) >= 11 is 0. The summed E-state index contributed by atoms with van der Waals surface area (Å²) in [4.78, 5) is 13.6. The highest BCUT2D eigenvalue weighted by Crippen LogP contribution is 2.74. The van der Waals surface area contributed by atoms with Gasteiger partial charge in [-0.15, -0.1) is 0 Å². The van der Waals surface area contributed by atoms with E-state index in [0.29, 0.717) is 24.0 Å². The number of fused-ring (bicyclic) bond motifs is 1. The molecule has 24 heavy (non-hydrogen) atoms. The third-order valence-electron chi connectivity index (χ3n) is 7.49. The van der Waals surface area contributed by atoms with Crippen LogP contribution in [0.1, 0.15) is 44.6 Å². The Morgan fingerprint density at radius 2 is 2.08 bits per heavy atom. The number of aryl methyl sites for hydroxylation is 1. The summed E-state index contributed by atoms with van der Waals surface area (Å²) in [6.45, 7) is 6.74. The number of ether oxygens (including phenoxy) is 1. The molecule has 0 N–H and O–H groups in total. The molecule has 0 radical (unpaired) electrons. The van der Waals surface area contributed by atoms with Crippen molar-refractivity contribution in [1.82, 2.24) is 0 Å². The first kappa shape index (κ1) is 16.1. The molecule has 1 aromatic carbocycles. The number of Topliss-reactive ketones (excluding diaryl/α,β-unsaturated/α-hetero) is 1. The molecule has 0 aromatic heterocycles. The van der Waals surface area contributed by atoms with Crippen LogP contribution < -0.4 is 0 Å². The molecular formula is C22H28O2. The number of hydrogen-bond acceptors (Lipinski definition) is 2. The zero-order valence-corrected chi connectivity index (χ0v) is 14.9. The Labute approximate surface area is 145 Å². The second kappa shape index (κ2) is 5.56. The fraction of sp³-hybridized carbons (Fsp3) is 0.591. The minimum Gasteiger partial charge on any atom is -0.380 e. The highest BCUT2D eigenvalue weighted by Gasteiger charge is 2.75. The molecule has 0 aliphatic heterocycles. The molecule has 0 saturated heterocycles. The van der Waals surface area contributed by atoms with Crippen molar-refractivity contribution in [1.29, 1.82) is 0 Å². The Balaban J connectivity index is 1.67. The molecule has 4 rings (SSSR count). The van der Waals surface area contributed by atoms with Gasteiger partial charge in [-0.05, 0) is 37.2 Å². The van der Waals surface area contributed by atoms with Crippen LogP contribution >= 0.6 is 0 Å². The SMILES string of the molecule is C=C1[C@H]2C[C@@H]3CCC[C@]1(C)[C@@]3(C(=O)CCc1ccccc1)[C@H]2OC. The van der Waals surface area contributed by atoms with Crippen LogP contribution in [0.4, 0.5) is 0 Å². The maximum atomic E-state index is 13.6. The third-order valence-corrected chi connectivity index (χ3v) is 7.49. The van der Waals surface area contributed by atoms with E-state index in [2.05, 4.69) is 37.8 Å². The van der Waals surface area contributed by atoms with Crippen molar-refractivity contribution in [3.8, 4) is 0 Å². The van der Waals surface area contributed by atoms with E-state index in [-0.39, 0.29) is 16.9 Å². The largest absolute Gasteiger partial charge is 0.380 e. The maximum Gasteiger partial charge on any atom is 0.143 e. The molecule has 0 amide bonds. The molecule has 0 spiro atoms. The van der Waals surface area contributed by atoms with Gasteiger partial charge in [0.15, 0.2) is 0 Å². The van der Waals surface area contributed by atoms with Gasteiger partial charge in [-0.3, -0.25) is 4.79 Å². The van der Waals surface area contributed by atoms with E-state index >= 15 is 0 Å². The fourth-order valence-corrected chi connectivity index (χ4v) is 6.50. The van der Waals surface area contributed by atoms with Gasteiger partial charge in [-0.25, -0.2) is 0 Å². The van der Waals surface area contributed by atoms with Gasteiger partial charge in [0.25, 0.3) is 0 Å². The van der Waals surface area contributed by atoms with Gasteiger partial charge >= 0.3 is 0 Å². The summed E-state index contributed by atoms with van der Waals surface area (Å²) in [5, 5.41) is 0. The van der Waals surface area contributed by atoms with Gasteiger partial charge in [0.2, 0.25) is 0 Å². The van der Waals surface area contributed by atoms with E-state index < -0.39 is 0 Å². The summed E-state index contributed by atoms with van der Waals surface area (Å²) in [5.41, 5.74) is 2.15. The third kappa shape index (κ3) is 1.84. The van der Waals surface area contributed by atoms with Crippen LogP contribution in [0.15, 0.2) is 42.5 Å². The molecule has 128 valence electrons. The van der Waals surface area contributed by atoms with Crippen molar-refractivity contribution in [2.45, 2.75) is 51.6 Å². The van der Waals surface area contributed by atoms with Crippen molar-refractivity contribution in [3.05, 3.63) is 48.0 Å². The Bertz CT molecular complexity index is 664. The van der Waals surface area contributed by atoms with Gasteiger partial charge in [-0.1, -0.05) is 55.8 Å². The number of carbonyl (C=O) groups excluding carboxylic acids is 1. The van der Waals surface area contributed by atoms with Gasteiger partial charge in [0.05, 0.1) is 11.5 Å². The molecule has 1 aromatic rings. The smallest absolute Gasteiger partial charge is 0.143 e. The average Bonchev–Trinajstić information content (AvgIpc) is 3.04. The van der Waals surface area contributed by atoms with Crippen LogP contribution in [0.5, 0.6) is 0 Å². The molecular weight excluding hydrogens is 296 g/mol. The molecule has 2 nitrogen and oxygen atoms in total. The van der Waals surface area contributed by atoms with Gasteiger partial charge in [0, 0.05) is 24.9 Å². The Hall–Kier alpha value is -1.41. The van der Waals surface area contributed by atoms with E-state index in [1.54, 1.807) is 7.11 Å². The molecule has 5 atom stereocenters. The second-order valence-corrected chi connectivity index (χ2v) is 8.22. The van der Waals surface area contributed by atoms with Gasteiger partial charge in [0.1, 0.15) is 5.78 Å². The monoisotopic (exact) mass is 324 g/mol. The van der Waals surface area contributed by atoms with Crippen LogP contribution in [-0.4, -0.2) is 19.0 Å². The number of rotatable bonds is 5. The van der Waals surface area contributed by atoms with E-state index in [1.165, 1.54) is 24.0 Å². The minimum atomic E-state index is -0.323. The normalized spacial score (nSPS) is 40.1. The zero-order valence-electron chi connectivity index (χ0n) is 14.9. The number of carbonyl (C=O) groups is 1. The number of hydrogen-bond donors (Lipinski definition) is 0. The van der Waals surface area contributed by atoms with Crippen molar-refractivity contribution in [3.63, 3.8) is 0 Å². The first-order chi connectivity index (χ1) is 11.6. The highest BCUT2D eigenvalue weighted by molar-refractivity contribution is 5.89. The van der Waals surface area contributed by atoms with Crippen LogP contribution in [0.25, 0.3) is 0 Å². The summed E-state index contributed by atoms with van der Waals surface area (Å²) < 4.78 is 5.97. The first-order valence-corrected chi connectivity index (χ1v) is 9.35. The van der Waals surface area contributed by atoms with Crippen LogP contribution in [0.2, 0.25) is 0 Å². The molecule has 3 saturated carbocycles. The second-order valence-electron chi connectivity index (χ2n) is 8.22. The summed E-state index contributed by atoms with van der Waals surface area (Å²) in [7, 11) is 1.79. The standard InChI is InChI=1S/C22H28O2/c1-15-18-14-17-10-7-13-21(15,2)22(17,20(18)24-3)19(23)12-11-16-8-5-4-6-9-16/h4-6,8-9,17-18,20H,1,7,10-14H2,2-3H3/t17-,18+,20-,21-,22-/m0/s1. The minimum absolute atomic E-state index is 0.0450. The van der Waals surface area contributed by atoms with E-state index in [0.717, 1.165) is 19.3 Å². The lowest BCUT2D eigenvalue weighted by Crippen LogP contribution is -2.55.